The molecular formula is C31H35BrN2O4S. The summed E-state index contributed by atoms with van der Waals surface area (Å²) in [5, 5.41) is 5.28. The molecule has 0 radical (unpaired) electrons. The number of primary sulfonamides is 1. The fourth-order valence-corrected chi connectivity index (χ4v) is 7.45. The number of sulfonamides is 1. The van der Waals surface area contributed by atoms with Gasteiger partial charge in [0.2, 0.25) is 10.0 Å². The first-order valence-electron chi connectivity index (χ1n) is 13.3. The van der Waals surface area contributed by atoms with Gasteiger partial charge >= 0.3 is 0 Å². The van der Waals surface area contributed by atoms with Crippen molar-refractivity contribution in [2.45, 2.75) is 70.6 Å². The number of hydrogen-bond acceptors (Lipinski definition) is 5. The normalized spacial score (nSPS) is 21.2. The molecule has 1 heterocycles. The summed E-state index contributed by atoms with van der Waals surface area (Å²) in [4.78, 5) is 30.1. The van der Waals surface area contributed by atoms with Crippen LogP contribution in [0.4, 0.5) is 0 Å². The van der Waals surface area contributed by atoms with E-state index in [4.69, 9.17) is 5.14 Å². The van der Waals surface area contributed by atoms with Gasteiger partial charge in [0.15, 0.2) is 11.6 Å². The van der Waals surface area contributed by atoms with Crippen molar-refractivity contribution >= 4 is 37.5 Å². The Kier molecular flexibility index (Phi) is 7.05. The molecule has 0 amide bonds. The molecule has 39 heavy (non-hydrogen) atoms. The van der Waals surface area contributed by atoms with E-state index in [1.165, 1.54) is 12.1 Å². The third-order valence-electron chi connectivity index (χ3n) is 8.11. The third-order valence-corrected chi connectivity index (χ3v) is 9.77. The van der Waals surface area contributed by atoms with Crippen LogP contribution < -0.4 is 5.14 Å². The van der Waals surface area contributed by atoms with E-state index in [1.807, 2.05) is 24.3 Å². The maximum atomic E-state index is 13.9. The van der Waals surface area contributed by atoms with Gasteiger partial charge in [-0.15, -0.1) is 0 Å². The third kappa shape index (κ3) is 5.43. The van der Waals surface area contributed by atoms with Crippen LogP contribution >= 0.6 is 15.9 Å². The molecule has 0 saturated carbocycles. The van der Waals surface area contributed by atoms with E-state index in [0.29, 0.717) is 25.8 Å². The van der Waals surface area contributed by atoms with Gasteiger partial charge in [0.25, 0.3) is 0 Å². The topological polar surface area (TPSA) is 97.5 Å². The average Bonchev–Trinajstić information content (AvgIpc) is 2.81. The second kappa shape index (κ2) is 9.82. The number of carbonyl (C=O) groups is 2. The van der Waals surface area contributed by atoms with Crippen molar-refractivity contribution in [3.63, 3.8) is 0 Å². The van der Waals surface area contributed by atoms with Crippen LogP contribution in [0.25, 0.3) is 0 Å². The van der Waals surface area contributed by atoms with Crippen LogP contribution in [0.2, 0.25) is 0 Å². The molecule has 1 aliphatic heterocycles. The van der Waals surface area contributed by atoms with E-state index < -0.39 is 10.0 Å². The highest BCUT2D eigenvalue weighted by atomic mass is 79.9. The molecule has 6 nitrogen and oxygen atoms in total. The number of ketones is 2. The van der Waals surface area contributed by atoms with E-state index in [-0.39, 0.29) is 33.2 Å². The Morgan fingerprint density at radius 2 is 1.36 bits per heavy atom. The van der Waals surface area contributed by atoms with E-state index in [1.54, 1.807) is 12.1 Å². The minimum absolute atomic E-state index is 0.0785. The average molecular weight is 612 g/mol. The summed E-state index contributed by atoms with van der Waals surface area (Å²) in [6.45, 7) is 9.11. The van der Waals surface area contributed by atoms with E-state index in [2.05, 4.69) is 48.5 Å². The summed E-state index contributed by atoms with van der Waals surface area (Å²) in [6, 6.07) is 14.5. The number of halogens is 1. The second-order valence-electron chi connectivity index (χ2n) is 12.6. The van der Waals surface area contributed by atoms with Crippen LogP contribution in [0, 0.1) is 10.8 Å². The van der Waals surface area contributed by atoms with Crippen molar-refractivity contribution in [1.29, 1.82) is 0 Å². The second-order valence-corrected chi connectivity index (χ2v) is 15.1. The number of nitrogens with two attached hydrogens (primary N) is 1. The summed E-state index contributed by atoms with van der Waals surface area (Å²) in [5.74, 6) is -0.176. The van der Waals surface area contributed by atoms with Gasteiger partial charge in [0, 0.05) is 52.3 Å². The van der Waals surface area contributed by atoms with Gasteiger partial charge in [-0.25, -0.2) is 13.6 Å². The zero-order valence-electron chi connectivity index (χ0n) is 22.9. The number of benzene rings is 2. The van der Waals surface area contributed by atoms with Crippen LogP contribution in [0.3, 0.4) is 0 Å². The highest BCUT2D eigenvalue weighted by Gasteiger charge is 2.49. The molecule has 3 aliphatic rings. The maximum absolute atomic E-state index is 13.9. The van der Waals surface area contributed by atoms with Gasteiger partial charge < -0.3 is 4.90 Å². The van der Waals surface area contributed by atoms with Gasteiger partial charge in [-0.3, -0.25) is 9.59 Å². The van der Waals surface area contributed by atoms with Gasteiger partial charge in [0.05, 0.1) is 4.90 Å². The zero-order chi connectivity index (χ0) is 28.3. The summed E-state index contributed by atoms with van der Waals surface area (Å²) >= 11 is 3.71. The number of hydrogen-bond donors (Lipinski definition) is 1. The minimum atomic E-state index is -3.77. The molecule has 0 spiro atoms. The molecule has 2 aliphatic carbocycles. The molecule has 2 aromatic carbocycles. The van der Waals surface area contributed by atoms with Crippen molar-refractivity contribution in [1.82, 2.24) is 4.90 Å². The minimum Gasteiger partial charge on any atom is -0.347 e. The van der Waals surface area contributed by atoms with E-state index in [0.717, 1.165) is 51.0 Å². The maximum Gasteiger partial charge on any atom is 0.238 e. The number of allylic oxidation sites excluding steroid dienone is 4. The molecule has 5 rings (SSSR count). The van der Waals surface area contributed by atoms with E-state index in [9.17, 15) is 18.0 Å². The molecule has 0 bridgehead atoms. The predicted octanol–water partition coefficient (Wildman–Crippen LogP) is 6.02. The van der Waals surface area contributed by atoms with Crippen LogP contribution in [0.15, 0.2) is 80.4 Å². The Labute approximate surface area is 239 Å². The lowest BCUT2D eigenvalue weighted by Crippen LogP contribution is -2.45. The highest BCUT2D eigenvalue weighted by molar-refractivity contribution is 9.10. The number of Topliss-reactive ketones (excluding diaryl/α,β-unsaturated/α-hetero) is 2. The van der Waals surface area contributed by atoms with Crippen LogP contribution in [-0.2, 0) is 26.0 Å². The summed E-state index contributed by atoms with van der Waals surface area (Å²) in [5.41, 5.74) is 5.05. The largest absolute Gasteiger partial charge is 0.347 e. The van der Waals surface area contributed by atoms with Gasteiger partial charge in [0.1, 0.15) is 0 Å². The van der Waals surface area contributed by atoms with Crippen molar-refractivity contribution in [2.75, 3.05) is 6.54 Å². The van der Waals surface area contributed by atoms with Crippen LogP contribution in [0.1, 0.15) is 70.4 Å². The summed E-state index contributed by atoms with van der Waals surface area (Å²) < 4.78 is 24.3. The smallest absolute Gasteiger partial charge is 0.238 e. The molecular weight excluding hydrogens is 576 g/mol. The van der Waals surface area contributed by atoms with Crippen LogP contribution in [-0.4, -0.2) is 31.4 Å². The number of carbonyl (C=O) groups excluding carboxylic acids is 2. The number of rotatable bonds is 5. The molecule has 0 saturated heterocycles. The Morgan fingerprint density at radius 1 is 0.846 bits per heavy atom. The Hall–Kier alpha value is -2.55. The first-order valence-corrected chi connectivity index (χ1v) is 15.7. The predicted molar refractivity (Wildman–Crippen MR) is 155 cm³/mol. The Bertz CT molecular complexity index is 1480. The number of nitrogens with zero attached hydrogens (tertiary/aromatic N) is 1. The fraction of sp³-hybridized carbons (Fsp3) is 0.419. The lowest BCUT2D eigenvalue weighted by molar-refractivity contribution is -0.119. The zero-order valence-corrected chi connectivity index (χ0v) is 25.3. The lowest BCUT2D eigenvalue weighted by atomic mass is 9.63. The van der Waals surface area contributed by atoms with Gasteiger partial charge in [-0.2, -0.15) is 0 Å². The van der Waals surface area contributed by atoms with Crippen molar-refractivity contribution < 1.29 is 18.0 Å². The standard InChI is InChI=1S/C31H35BrN2O4S/c1-30(2)15-23-28(25(35)17-30)27(21-7-5-6-8-22(21)32)29-24(16-31(3,4)18-26(29)36)34(23)14-13-19-9-11-20(12-10-19)39(33,37)38/h5-12,27H,13-18H2,1-4H3,(H2,33,37,38). The molecule has 0 atom stereocenters. The molecule has 0 fully saturated rings. The molecule has 0 aromatic heterocycles. The van der Waals surface area contributed by atoms with Gasteiger partial charge in [-0.1, -0.05) is 74.0 Å². The quantitative estimate of drug-likeness (QED) is 0.446. The van der Waals surface area contributed by atoms with E-state index >= 15 is 0 Å². The first-order chi connectivity index (χ1) is 18.2. The molecule has 206 valence electrons. The van der Waals surface area contributed by atoms with Crippen molar-refractivity contribution in [3.8, 4) is 0 Å². The fourth-order valence-electron chi connectivity index (χ4n) is 6.42. The van der Waals surface area contributed by atoms with Crippen LogP contribution in [0.5, 0.6) is 0 Å². The Balaban J connectivity index is 1.65. The van der Waals surface area contributed by atoms with Crippen molar-refractivity contribution in [3.05, 3.63) is 86.7 Å². The molecule has 2 aromatic rings. The first kappa shape index (κ1) is 28.0. The molecule has 8 heteroatoms. The highest BCUT2D eigenvalue weighted by Crippen LogP contribution is 2.55. The molecule has 2 N–H and O–H groups in total. The lowest BCUT2D eigenvalue weighted by Gasteiger charge is -2.49. The monoisotopic (exact) mass is 610 g/mol. The van der Waals surface area contributed by atoms with Gasteiger partial charge in [-0.05, 0) is 59.4 Å². The molecule has 0 unspecified atom stereocenters. The van der Waals surface area contributed by atoms with Crippen molar-refractivity contribution in [2.24, 2.45) is 16.0 Å². The summed E-state index contributed by atoms with van der Waals surface area (Å²) in [6.07, 6.45) is 2.99. The SMILES string of the molecule is CC1(C)CC(=O)C2=C(C1)N(CCc1ccc(S(N)(=O)=O)cc1)C1=C(C(=O)CC(C)(C)C1)C2c1ccccc1Br. The summed E-state index contributed by atoms with van der Waals surface area (Å²) in [7, 11) is -3.77. The Morgan fingerprint density at radius 3 is 1.85 bits per heavy atom.